The Kier molecular flexibility index (Phi) is 7.17. The van der Waals surface area contributed by atoms with Crippen LogP contribution < -0.4 is 16.0 Å². The summed E-state index contributed by atoms with van der Waals surface area (Å²) in [6.07, 6.45) is 0. The number of benzene rings is 1. The summed E-state index contributed by atoms with van der Waals surface area (Å²) < 4.78 is 0. The van der Waals surface area contributed by atoms with Crippen LogP contribution in [0.4, 0.5) is 5.69 Å². The fourth-order valence-electron chi connectivity index (χ4n) is 2.02. The molecular formula is C18H20ClN3O3S. The number of carbonyl (C=O) groups is 3. The lowest BCUT2D eigenvalue weighted by molar-refractivity contribution is -0.123. The topological polar surface area (TPSA) is 87.3 Å². The Bertz CT molecular complexity index is 791. The van der Waals surface area contributed by atoms with Crippen LogP contribution in [0, 0.1) is 5.92 Å². The molecule has 2 aromatic rings. The second kappa shape index (κ2) is 9.35. The van der Waals surface area contributed by atoms with E-state index < -0.39 is 0 Å². The van der Waals surface area contributed by atoms with Crippen molar-refractivity contribution in [1.29, 1.82) is 0 Å². The minimum Gasteiger partial charge on any atom is -0.354 e. The number of nitrogens with one attached hydrogen (secondary N) is 3. The van der Waals surface area contributed by atoms with Gasteiger partial charge in [0.05, 0.1) is 15.6 Å². The van der Waals surface area contributed by atoms with E-state index in [1.165, 1.54) is 17.4 Å². The van der Waals surface area contributed by atoms with Crippen LogP contribution in [0.1, 0.15) is 33.9 Å². The summed E-state index contributed by atoms with van der Waals surface area (Å²) in [7, 11) is 0. The van der Waals surface area contributed by atoms with Crippen LogP contribution in [0.3, 0.4) is 0 Å². The maximum absolute atomic E-state index is 12.2. The van der Waals surface area contributed by atoms with E-state index in [1.807, 2.05) is 0 Å². The first-order chi connectivity index (χ1) is 12.4. The van der Waals surface area contributed by atoms with Crippen LogP contribution >= 0.6 is 22.9 Å². The van der Waals surface area contributed by atoms with Gasteiger partial charge in [0.1, 0.15) is 0 Å². The highest BCUT2D eigenvalue weighted by Gasteiger charge is 2.13. The van der Waals surface area contributed by atoms with E-state index >= 15 is 0 Å². The molecule has 3 N–H and O–H groups in total. The number of rotatable bonds is 7. The second-order valence-electron chi connectivity index (χ2n) is 5.83. The third-order valence-corrected chi connectivity index (χ3v) is 4.65. The highest BCUT2D eigenvalue weighted by atomic mass is 35.5. The SMILES string of the molecule is CC(C)C(=O)NCCNC(=O)c1ccc(Cl)c(NC(=O)c2cccs2)c1. The standard InChI is InChI=1S/C18H20ClN3O3S/c1-11(2)16(23)20-7-8-21-17(24)12-5-6-13(19)14(10-12)22-18(25)15-4-3-9-26-15/h3-6,9-11H,7-8H2,1-2H3,(H,20,23)(H,21,24)(H,22,25). The number of hydrogen-bond acceptors (Lipinski definition) is 4. The molecule has 6 nitrogen and oxygen atoms in total. The summed E-state index contributed by atoms with van der Waals surface area (Å²) in [5.41, 5.74) is 0.733. The number of hydrogen-bond donors (Lipinski definition) is 3. The monoisotopic (exact) mass is 393 g/mol. The van der Waals surface area contributed by atoms with Gasteiger partial charge in [-0.3, -0.25) is 14.4 Å². The molecule has 3 amide bonds. The predicted octanol–water partition coefficient (Wildman–Crippen LogP) is 3.16. The molecule has 0 aliphatic carbocycles. The molecule has 0 saturated heterocycles. The van der Waals surface area contributed by atoms with E-state index in [4.69, 9.17) is 11.6 Å². The molecule has 0 fully saturated rings. The summed E-state index contributed by atoms with van der Waals surface area (Å²) in [5.74, 6) is -0.760. The Morgan fingerprint density at radius 3 is 2.46 bits per heavy atom. The van der Waals surface area contributed by atoms with Crippen LogP contribution in [0.15, 0.2) is 35.7 Å². The first kappa shape index (κ1) is 19.9. The molecule has 0 spiro atoms. The van der Waals surface area contributed by atoms with Gasteiger partial charge in [-0.1, -0.05) is 31.5 Å². The average molecular weight is 394 g/mol. The van der Waals surface area contributed by atoms with Crippen molar-refractivity contribution < 1.29 is 14.4 Å². The Morgan fingerprint density at radius 1 is 1.08 bits per heavy atom. The largest absolute Gasteiger partial charge is 0.354 e. The average Bonchev–Trinajstić information content (AvgIpc) is 3.14. The third-order valence-electron chi connectivity index (χ3n) is 3.46. The molecule has 26 heavy (non-hydrogen) atoms. The molecule has 1 aromatic carbocycles. The van der Waals surface area contributed by atoms with Gasteiger partial charge < -0.3 is 16.0 Å². The summed E-state index contributed by atoms with van der Waals surface area (Å²) in [4.78, 5) is 36.4. The summed E-state index contributed by atoms with van der Waals surface area (Å²) in [5, 5.41) is 10.3. The molecule has 0 bridgehead atoms. The second-order valence-corrected chi connectivity index (χ2v) is 7.18. The van der Waals surface area contributed by atoms with Crippen molar-refractivity contribution in [3.05, 3.63) is 51.2 Å². The van der Waals surface area contributed by atoms with Crippen LogP contribution in [0.25, 0.3) is 0 Å². The molecule has 8 heteroatoms. The molecular weight excluding hydrogens is 374 g/mol. The summed E-state index contributed by atoms with van der Waals surface area (Å²) >= 11 is 7.42. The fraction of sp³-hybridized carbons (Fsp3) is 0.278. The number of halogens is 1. The van der Waals surface area contributed by atoms with Gasteiger partial charge >= 0.3 is 0 Å². The van der Waals surface area contributed by atoms with Crippen molar-refractivity contribution in [3.63, 3.8) is 0 Å². The molecule has 0 saturated carbocycles. The maximum atomic E-state index is 12.2. The molecule has 138 valence electrons. The number of thiophene rings is 1. The van der Waals surface area contributed by atoms with Crippen LogP contribution in [0.2, 0.25) is 5.02 Å². The van der Waals surface area contributed by atoms with Crippen molar-refractivity contribution in [2.75, 3.05) is 18.4 Å². The Hall–Kier alpha value is -2.38. The van der Waals surface area contributed by atoms with Crippen molar-refractivity contribution in [2.45, 2.75) is 13.8 Å². The molecule has 0 aliphatic heterocycles. The molecule has 1 heterocycles. The van der Waals surface area contributed by atoms with Gasteiger partial charge in [0, 0.05) is 24.6 Å². The zero-order valence-electron chi connectivity index (χ0n) is 14.5. The van der Waals surface area contributed by atoms with E-state index in [-0.39, 0.29) is 23.6 Å². The summed E-state index contributed by atoms with van der Waals surface area (Å²) in [6.45, 7) is 4.25. The van der Waals surface area contributed by atoms with Crippen molar-refractivity contribution in [1.82, 2.24) is 10.6 Å². The Balaban J connectivity index is 1.94. The number of anilines is 1. The highest BCUT2D eigenvalue weighted by molar-refractivity contribution is 7.12. The molecule has 1 aromatic heterocycles. The van der Waals surface area contributed by atoms with E-state index in [0.717, 1.165) is 0 Å². The van der Waals surface area contributed by atoms with Crippen molar-refractivity contribution >= 4 is 46.3 Å². The smallest absolute Gasteiger partial charge is 0.265 e. The normalized spacial score (nSPS) is 10.5. The number of amides is 3. The zero-order chi connectivity index (χ0) is 19.1. The highest BCUT2D eigenvalue weighted by Crippen LogP contribution is 2.24. The lowest BCUT2D eigenvalue weighted by atomic mass is 10.2. The van der Waals surface area contributed by atoms with Crippen LogP contribution in [-0.4, -0.2) is 30.8 Å². The molecule has 0 radical (unpaired) electrons. The van der Waals surface area contributed by atoms with Crippen molar-refractivity contribution in [3.8, 4) is 0 Å². The first-order valence-corrected chi connectivity index (χ1v) is 9.34. The lowest BCUT2D eigenvalue weighted by Crippen LogP contribution is -2.36. The molecule has 0 aliphatic rings. The lowest BCUT2D eigenvalue weighted by Gasteiger charge is -2.11. The Morgan fingerprint density at radius 2 is 1.81 bits per heavy atom. The van der Waals surface area contributed by atoms with Gasteiger partial charge in [0.25, 0.3) is 11.8 Å². The van der Waals surface area contributed by atoms with Crippen LogP contribution in [0.5, 0.6) is 0 Å². The van der Waals surface area contributed by atoms with Gasteiger partial charge in [0.2, 0.25) is 5.91 Å². The van der Waals surface area contributed by atoms with E-state index in [9.17, 15) is 14.4 Å². The minimum absolute atomic E-state index is 0.0654. The third kappa shape index (κ3) is 5.57. The quantitative estimate of drug-likeness (QED) is 0.631. The van der Waals surface area contributed by atoms with E-state index in [1.54, 1.807) is 43.5 Å². The van der Waals surface area contributed by atoms with Gasteiger partial charge in [-0.2, -0.15) is 0 Å². The number of carbonyl (C=O) groups excluding carboxylic acids is 3. The molecule has 0 unspecified atom stereocenters. The van der Waals surface area contributed by atoms with E-state index in [0.29, 0.717) is 34.2 Å². The zero-order valence-corrected chi connectivity index (χ0v) is 16.0. The van der Waals surface area contributed by atoms with Crippen LogP contribution in [-0.2, 0) is 4.79 Å². The summed E-state index contributed by atoms with van der Waals surface area (Å²) in [6, 6.07) is 8.14. The fourth-order valence-corrected chi connectivity index (χ4v) is 2.81. The van der Waals surface area contributed by atoms with Gasteiger partial charge in [-0.25, -0.2) is 0 Å². The van der Waals surface area contributed by atoms with Crippen molar-refractivity contribution in [2.24, 2.45) is 5.92 Å². The Labute approximate surface area is 160 Å². The van der Waals surface area contributed by atoms with Gasteiger partial charge in [-0.15, -0.1) is 11.3 Å². The molecule has 0 atom stereocenters. The molecule has 2 rings (SSSR count). The van der Waals surface area contributed by atoms with Gasteiger partial charge in [0.15, 0.2) is 0 Å². The van der Waals surface area contributed by atoms with E-state index in [2.05, 4.69) is 16.0 Å². The predicted molar refractivity (Wildman–Crippen MR) is 104 cm³/mol. The first-order valence-electron chi connectivity index (χ1n) is 8.09. The van der Waals surface area contributed by atoms with Gasteiger partial charge in [-0.05, 0) is 29.6 Å². The maximum Gasteiger partial charge on any atom is 0.265 e. The minimum atomic E-state index is -0.313.